The summed E-state index contributed by atoms with van der Waals surface area (Å²) in [5, 5.41) is 23.6. The summed E-state index contributed by atoms with van der Waals surface area (Å²) in [5.41, 5.74) is 0.892. The van der Waals surface area contributed by atoms with Crippen molar-refractivity contribution in [3.05, 3.63) is 30.1 Å². The van der Waals surface area contributed by atoms with E-state index in [1.54, 1.807) is 12.1 Å². The fourth-order valence-electron chi connectivity index (χ4n) is 2.60. The molecule has 2 aromatic heterocycles. The van der Waals surface area contributed by atoms with Gasteiger partial charge in [-0.25, -0.2) is 0 Å². The van der Waals surface area contributed by atoms with Gasteiger partial charge in [0.15, 0.2) is 5.82 Å². The minimum atomic E-state index is 0.239. The summed E-state index contributed by atoms with van der Waals surface area (Å²) in [6.07, 6.45) is 1.92. The van der Waals surface area contributed by atoms with E-state index in [0.717, 1.165) is 47.4 Å². The van der Waals surface area contributed by atoms with Crippen LogP contribution in [0.4, 0.5) is 0 Å². The Bertz CT molecular complexity index is 776. The van der Waals surface area contributed by atoms with Gasteiger partial charge in [-0.15, -0.1) is 10.2 Å². The fourth-order valence-corrected chi connectivity index (χ4v) is 3.44. The van der Waals surface area contributed by atoms with Gasteiger partial charge in [-0.3, -0.25) is 0 Å². The second-order valence-electron chi connectivity index (χ2n) is 5.10. The predicted octanol–water partition coefficient (Wildman–Crippen LogP) is 2.45. The van der Waals surface area contributed by atoms with Crippen LogP contribution in [0.15, 0.2) is 24.3 Å². The quantitative estimate of drug-likeness (QED) is 0.787. The van der Waals surface area contributed by atoms with E-state index in [-0.39, 0.29) is 5.75 Å². The molecule has 3 heterocycles. The van der Waals surface area contributed by atoms with Gasteiger partial charge in [0.05, 0.1) is 0 Å². The smallest absolute Gasteiger partial charge is 0.234 e. The Hall–Kier alpha value is -1.99. The monoisotopic (exact) mass is 302 g/mol. The third kappa shape index (κ3) is 2.28. The van der Waals surface area contributed by atoms with Gasteiger partial charge in [0.1, 0.15) is 10.8 Å². The maximum Gasteiger partial charge on any atom is 0.234 e. The van der Waals surface area contributed by atoms with Crippen LogP contribution in [-0.4, -0.2) is 38.1 Å². The van der Waals surface area contributed by atoms with Gasteiger partial charge in [0.2, 0.25) is 4.96 Å². The molecule has 0 bridgehead atoms. The molecule has 0 unspecified atom stereocenters. The molecule has 1 saturated heterocycles. The molecule has 1 N–H and O–H groups in total. The van der Waals surface area contributed by atoms with Gasteiger partial charge in [0, 0.05) is 24.7 Å². The van der Waals surface area contributed by atoms with E-state index in [9.17, 15) is 5.11 Å². The van der Waals surface area contributed by atoms with Crippen molar-refractivity contribution < 1.29 is 9.84 Å². The normalized spacial score (nSPS) is 16.6. The molecule has 0 atom stereocenters. The molecule has 3 aromatic rings. The number of fused-ring (bicyclic) bond motifs is 1. The van der Waals surface area contributed by atoms with Crippen molar-refractivity contribution in [2.24, 2.45) is 0 Å². The molecule has 1 fully saturated rings. The minimum absolute atomic E-state index is 0.239. The molecule has 0 aliphatic carbocycles. The Morgan fingerprint density at radius 2 is 2.10 bits per heavy atom. The van der Waals surface area contributed by atoms with Crippen LogP contribution in [0.25, 0.3) is 15.5 Å². The van der Waals surface area contributed by atoms with Crippen molar-refractivity contribution in [2.45, 2.75) is 18.8 Å². The van der Waals surface area contributed by atoms with E-state index < -0.39 is 0 Å². The summed E-state index contributed by atoms with van der Waals surface area (Å²) in [5.74, 6) is 1.51. The van der Waals surface area contributed by atoms with Gasteiger partial charge < -0.3 is 9.84 Å². The van der Waals surface area contributed by atoms with Gasteiger partial charge in [-0.05, 0) is 25.0 Å². The van der Waals surface area contributed by atoms with Gasteiger partial charge >= 0.3 is 0 Å². The summed E-state index contributed by atoms with van der Waals surface area (Å²) in [4.78, 5) is 0.787. The molecule has 6 nitrogen and oxygen atoms in total. The molecule has 0 spiro atoms. The zero-order valence-corrected chi connectivity index (χ0v) is 12.1. The maximum absolute atomic E-state index is 9.59. The third-order valence-electron chi connectivity index (χ3n) is 3.69. The highest BCUT2D eigenvalue weighted by atomic mass is 32.1. The molecule has 1 aliphatic heterocycles. The molecule has 1 aliphatic rings. The molecular weight excluding hydrogens is 288 g/mol. The summed E-state index contributed by atoms with van der Waals surface area (Å²) in [7, 11) is 0. The fraction of sp³-hybridized carbons (Fsp3) is 0.357. The Kier molecular flexibility index (Phi) is 3.08. The maximum atomic E-state index is 9.59. The van der Waals surface area contributed by atoms with E-state index in [0.29, 0.717) is 5.92 Å². The van der Waals surface area contributed by atoms with E-state index in [1.807, 2.05) is 16.6 Å². The SMILES string of the molecule is Oc1cccc(-c2nn3c(C4CCOCC4)nnc3s2)c1. The minimum Gasteiger partial charge on any atom is -0.508 e. The van der Waals surface area contributed by atoms with Crippen LogP contribution in [0.5, 0.6) is 5.75 Å². The molecule has 7 heteroatoms. The lowest BCUT2D eigenvalue weighted by Gasteiger charge is -2.19. The number of nitrogens with zero attached hydrogens (tertiary/aromatic N) is 4. The van der Waals surface area contributed by atoms with Crippen molar-refractivity contribution in [1.29, 1.82) is 0 Å². The number of aromatic hydroxyl groups is 1. The van der Waals surface area contributed by atoms with Gasteiger partial charge in [0.25, 0.3) is 0 Å². The molecule has 1 aromatic carbocycles. The van der Waals surface area contributed by atoms with Crippen LogP contribution >= 0.6 is 11.3 Å². The van der Waals surface area contributed by atoms with Crippen LogP contribution in [0.1, 0.15) is 24.6 Å². The zero-order chi connectivity index (χ0) is 14.2. The summed E-state index contributed by atoms with van der Waals surface area (Å²) < 4.78 is 7.23. The second kappa shape index (κ2) is 5.09. The molecule has 4 rings (SSSR count). The molecule has 21 heavy (non-hydrogen) atoms. The second-order valence-corrected chi connectivity index (χ2v) is 6.05. The topological polar surface area (TPSA) is 72.5 Å². The number of hydrogen-bond donors (Lipinski definition) is 1. The summed E-state index contributed by atoms with van der Waals surface area (Å²) in [6.45, 7) is 1.53. The Labute approximate surface area is 125 Å². The first-order valence-electron chi connectivity index (χ1n) is 6.90. The van der Waals surface area contributed by atoms with Gasteiger partial charge in [-0.1, -0.05) is 23.5 Å². The number of aromatic nitrogens is 4. The first-order chi connectivity index (χ1) is 10.3. The zero-order valence-electron chi connectivity index (χ0n) is 11.3. The number of ether oxygens (including phenoxy) is 1. The van der Waals surface area contributed by atoms with Crippen molar-refractivity contribution in [3.63, 3.8) is 0 Å². The first kappa shape index (κ1) is 12.7. The van der Waals surface area contributed by atoms with Crippen LogP contribution in [-0.2, 0) is 4.74 Å². The van der Waals surface area contributed by atoms with E-state index in [4.69, 9.17) is 4.74 Å². The highest BCUT2D eigenvalue weighted by Crippen LogP contribution is 2.31. The largest absolute Gasteiger partial charge is 0.508 e. The standard InChI is InChI=1S/C14H14N4O2S/c19-11-3-1-2-10(8-11)13-17-18-12(15-16-14(18)21-13)9-4-6-20-7-5-9/h1-3,8-9,19H,4-7H2. The van der Waals surface area contributed by atoms with Crippen molar-refractivity contribution in [2.75, 3.05) is 13.2 Å². The van der Waals surface area contributed by atoms with Crippen LogP contribution in [0, 0.1) is 0 Å². The number of phenols is 1. The number of rotatable bonds is 2. The summed E-state index contributed by atoms with van der Waals surface area (Å²) >= 11 is 1.48. The van der Waals surface area contributed by atoms with Crippen molar-refractivity contribution >= 4 is 16.3 Å². The average molecular weight is 302 g/mol. The highest BCUT2D eigenvalue weighted by Gasteiger charge is 2.23. The van der Waals surface area contributed by atoms with E-state index in [2.05, 4.69) is 15.3 Å². The third-order valence-corrected chi connectivity index (χ3v) is 4.64. The molecule has 0 saturated carbocycles. The number of benzene rings is 1. The van der Waals surface area contributed by atoms with Crippen LogP contribution in [0.2, 0.25) is 0 Å². The molecule has 0 radical (unpaired) electrons. The van der Waals surface area contributed by atoms with Crippen molar-refractivity contribution in [3.8, 4) is 16.3 Å². The Morgan fingerprint density at radius 1 is 1.24 bits per heavy atom. The number of hydrogen-bond acceptors (Lipinski definition) is 6. The summed E-state index contributed by atoms with van der Waals surface area (Å²) in [6, 6.07) is 7.10. The lowest BCUT2D eigenvalue weighted by Crippen LogP contribution is -2.16. The molecule has 0 amide bonds. The highest BCUT2D eigenvalue weighted by molar-refractivity contribution is 7.19. The lowest BCUT2D eigenvalue weighted by molar-refractivity contribution is 0.0832. The van der Waals surface area contributed by atoms with Crippen LogP contribution in [0.3, 0.4) is 0 Å². The van der Waals surface area contributed by atoms with Gasteiger partial charge in [-0.2, -0.15) is 9.61 Å². The predicted molar refractivity (Wildman–Crippen MR) is 78.6 cm³/mol. The van der Waals surface area contributed by atoms with E-state index in [1.165, 1.54) is 11.3 Å². The van der Waals surface area contributed by atoms with E-state index >= 15 is 0 Å². The lowest BCUT2D eigenvalue weighted by atomic mass is 10.00. The molecular formula is C14H14N4O2S. The Balaban J connectivity index is 1.75. The number of phenolic OH excluding ortho intramolecular Hbond substituents is 1. The Morgan fingerprint density at radius 3 is 2.90 bits per heavy atom. The van der Waals surface area contributed by atoms with Crippen molar-refractivity contribution in [1.82, 2.24) is 19.8 Å². The first-order valence-corrected chi connectivity index (χ1v) is 7.72. The average Bonchev–Trinajstić information content (AvgIpc) is 3.08. The van der Waals surface area contributed by atoms with Crippen LogP contribution < -0.4 is 0 Å². The molecule has 108 valence electrons.